The molecule has 0 spiro atoms. The normalized spacial score (nSPS) is 19.1. The van der Waals surface area contributed by atoms with Crippen LogP contribution in [-0.4, -0.2) is 42.2 Å². The fraction of sp³-hybridized carbons (Fsp3) is 0.538. The molecule has 0 atom stereocenters. The monoisotopic (exact) mass is 295 g/mol. The summed E-state index contributed by atoms with van der Waals surface area (Å²) in [5.41, 5.74) is 0. The SMILES string of the molecule is O=C(CN(C1CC1)S(=O)(=O)c1cccnc1)NC1CC1. The smallest absolute Gasteiger partial charge is 0.245 e. The number of aromatic nitrogens is 1. The molecule has 7 heteroatoms. The maximum atomic E-state index is 12.6. The van der Waals surface area contributed by atoms with Crippen molar-refractivity contribution >= 4 is 15.9 Å². The van der Waals surface area contributed by atoms with E-state index in [0.717, 1.165) is 25.7 Å². The maximum absolute atomic E-state index is 12.6. The Kier molecular flexibility index (Phi) is 3.47. The van der Waals surface area contributed by atoms with E-state index in [-0.39, 0.29) is 29.4 Å². The number of rotatable bonds is 6. The molecule has 108 valence electrons. The van der Waals surface area contributed by atoms with E-state index in [0.29, 0.717) is 0 Å². The molecule has 0 unspecified atom stereocenters. The summed E-state index contributed by atoms with van der Waals surface area (Å²) in [5.74, 6) is -0.216. The van der Waals surface area contributed by atoms with Gasteiger partial charge in [-0.15, -0.1) is 0 Å². The van der Waals surface area contributed by atoms with Crippen LogP contribution in [0.15, 0.2) is 29.4 Å². The van der Waals surface area contributed by atoms with Crippen molar-refractivity contribution in [3.8, 4) is 0 Å². The van der Waals surface area contributed by atoms with Gasteiger partial charge in [-0.25, -0.2) is 8.42 Å². The van der Waals surface area contributed by atoms with Gasteiger partial charge in [0, 0.05) is 24.5 Å². The Labute approximate surface area is 118 Å². The first kappa shape index (κ1) is 13.5. The molecule has 6 nitrogen and oxygen atoms in total. The van der Waals surface area contributed by atoms with Crippen LogP contribution >= 0.6 is 0 Å². The van der Waals surface area contributed by atoms with Gasteiger partial charge in [-0.1, -0.05) is 0 Å². The number of carbonyl (C=O) groups excluding carboxylic acids is 1. The number of hydrogen-bond donors (Lipinski definition) is 1. The molecule has 0 saturated heterocycles. The summed E-state index contributed by atoms with van der Waals surface area (Å²) in [7, 11) is -3.64. The van der Waals surface area contributed by atoms with Gasteiger partial charge < -0.3 is 5.32 Å². The molecule has 1 amide bonds. The molecule has 2 aliphatic carbocycles. The van der Waals surface area contributed by atoms with Crippen LogP contribution in [0.25, 0.3) is 0 Å². The van der Waals surface area contributed by atoms with Crippen LogP contribution in [0.5, 0.6) is 0 Å². The Hall–Kier alpha value is -1.47. The van der Waals surface area contributed by atoms with E-state index in [1.807, 2.05) is 0 Å². The molecule has 3 rings (SSSR count). The largest absolute Gasteiger partial charge is 0.352 e. The minimum Gasteiger partial charge on any atom is -0.352 e. The molecular weight excluding hydrogens is 278 g/mol. The van der Waals surface area contributed by atoms with Gasteiger partial charge in [-0.05, 0) is 37.8 Å². The fourth-order valence-corrected chi connectivity index (χ4v) is 3.66. The van der Waals surface area contributed by atoms with Crippen molar-refractivity contribution in [2.75, 3.05) is 6.54 Å². The van der Waals surface area contributed by atoms with E-state index in [1.165, 1.54) is 22.8 Å². The summed E-state index contributed by atoms with van der Waals surface area (Å²) in [4.78, 5) is 15.9. The summed E-state index contributed by atoms with van der Waals surface area (Å²) in [6, 6.07) is 3.29. The second-order valence-corrected chi connectivity index (χ2v) is 7.20. The van der Waals surface area contributed by atoms with Crippen LogP contribution in [0.3, 0.4) is 0 Å². The molecule has 2 aliphatic rings. The van der Waals surface area contributed by atoms with Crippen molar-refractivity contribution in [1.29, 1.82) is 0 Å². The Bertz CT molecular complexity index is 595. The van der Waals surface area contributed by atoms with Gasteiger partial charge in [0.2, 0.25) is 15.9 Å². The highest BCUT2D eigenvalue weighted by Crippen LogP contribution is 2.31. The quantitative estimate of drug-likeness (QED) is 0.829. The lowest BCUT2D eigenvalue weighted by molar-refractivity contribution is -0.121. The lowest BCUT2D eigenvalue weighted by atomic mass is 10.5. The molecule has 20 heavy (non-hydrogen) atoms. The molecule has 1 heterocycles. The van der Waals surface area contributed by atoms with E-state index in [2.05, 4.69) is 10.3 Å². The van der Waals surface area contributed by atoms with Gasteiger partial charge in [-0.2, -0.15) is 4.31 Å². The first-order chi connectivity index (χ1) is 9.57. The molecule has 0 radical (unpaired) electrons. The van der Waals surface area contributed by atoms with Crippen LogP contribution in [0, 0.1) is 0 Å². The third-order valence-corrected chi connectivity index (χ3v) is 5.32. The third kappa shape index (κ3) is 2.99. The maximum Gasteiger partial charge on any atom is 0.245 e. The van der Waals surface area contributed by atoms with Crippen LogP contribution < -0.4 is 5.32 Å². The van der Waals surface area contributed by atoms with Crippen LogP contribution in [0.1, 0.15) is 25.7 Å². The summed E-state index contributed by atoms with van der Waals surface area (Å²) in [5, 5.41) is 2.83. The van der Waals surface area contributed by atoms with Crippen LogP contribution in [0.4, 0.5) is 0 Å². The number of hydrogen-bond acceptors (Lipinski definition) is 4. The number of pyridine rings is 1. The first-order valence-corrected chi connectivity index (χ1v) is 8.22. The molecule has 0 bridgehead atoms. The zero-order chi connectivity index (χ0) is 14.2. The van der Waals surface area contributed by atoms with E-state index >= 15 is 0 Å². The lowest BCUT2D eigenvalue weighted by Gasteiger charge is -2.21. The molecular formula is C13H17N3O3S. The minimum atomic E-state index is -3.64. The van der Waals surface area contributed by atoms with Gasteiger partial charge in [0.1, 0.15) is 4.90 Å². The average Bonchev–Trinajstić information content (AvgIpc) is 3.31. The van der Waals surface area contributed by atoms with Crippen molar-refractivity contribution in [2.24, 2.45) is 0 Å². The second kappa shape index (κ2) is 5.14. The molecule has 1 N–H and O–H groups in total. The zero-order valence-corrected chi connectivity index (χ0v) is 11.8. The molecule has 2 fully saturated rings. The highest BCUT2D eigenvalue weighted by molar-refractivity contribution is 7.89. The van der Waals surface area contributed by atoms with E-state index in [1.54, 1.807) is 6.07 Å². The van der Waals surface area contributed by atoms with E-state index < -0.39 is 10.0 Å². The highest BCUT2D eigenvalue weighted by Gasteiger charge is 2.39. The van der Waals surface area contributed by atoms with Gasteiger partial charge >= 0.3 is 0 Å². The van der Waals surface area contributed by atoms with Crippen molar-refractivity contribution < 1.29 is 13.2 Å². The summed E-state index contributed by atoms with van der Waals surface area (Å²) in [6.07, 6.45) is 6.46. The number of sulfonamides is 1. The number of carbonyl (C=O) groups is 1. The average molecular weight is 295 g/mol. The van der Waals surface area contributed by atoms with Crippen molar-refractivity contribution in [1.82, 2.24) is 14.6 Å². The Morgan fingerprint density at radius 2 is 2.10 bits per heavy atom. The molecule has 1 aromatic heterocycles. The fourth-order valence-electron chi connectivity index (χ4n) is 2.05. The topological polar surface area (TPSA) is 79.4 Å². The van der Waals surface area contributed by atoms with Gasteiger partial charge in [0.05, 0.1) is 6.54 Å². The van der Waals surface area contributed by atoms with Crippen LogP contribution in [-0.2, 0) is 14.8 Å². The Balaban J connectivity index is 1.77. The first-order valence-electron chi connectivity index (χ1n) is 6.78. The Morgan fingerprint density at radius 1 is 1.35 bits per heavy atom. The van der Waals surface area contributed by atoms with Crippen molar-refractivity contribution in [3.05, 3.63) is 24.5 Å². The number of amides is 1. The number of nitrogens with one attached hydrogen (secondary N) is 1. The van der Waals surface area contributed by atoms with Gasteiger partial charge in [0.15, 0.2) is 0 Å². The predicted molar refractivity (Wildman–Crippen MR) is 72.3 cm³/mol. The summed E-state index contributed by atoms with van der Waals surface area (Å²) < 4.78 is 26.4. The second-order valence-electron chi connectivity index (χ2n) is 5.31. The van der Waals surface area contributed by atoms with E-state index in [9.17, 15) is 13.2 Å². The van der Waals surface area contributed by atoms with Gasteiger partial charge in [0.25, 0.3) is 0 Å². The molecule has 0 aromatic carbocycles. The number of nitrogens with zero attached hydrogens (tertiary/aromatic N) is 2. The molecule has 2 saturated carbocycles. The highest BCUT2D eigenvalue weighted by atomic mass is 32.2. The Morgan fingerprint density at radius 3 is 2.65 bits per heavy atom. The van der Waals surface area contributed by atoms with Crippen molar-refractivity contribution in [2.45, 2.75) is 42.7 Å². The third-order valence-electron chi connectivity index (χ3n) is 3.44. The van der Waals surface area contributed by atoms with Gasteiger partial charge in [-0.3, -0.25) is 9.78 Å². The molecule has 1 aromatic rings. The summed E-state index contributed by atoms with van der Waals surface area (Å²) in [6.45, 7) is -0.0988. The predicted octanol–water partition coefficient (Wildman–Crippen LogP) is 0.513. The van der Waals surface area contributed by atoms with Crippen LogP contribution in [0.2, 0.25) is 0 Å². The standard InChI is InChI=1S/C13H17N3O3S/c17-13(15-10-3-4-10)9-16(11-5-6-11)20(18,19)12-2-1-7-14-8-12/h1-2,7-8,10-11H,3-6,9H2,(H,15,17). The van der Waals surface area contributed by atoms with Crippen molar-refractivity contribution in [3.63, 3.8) is 0 Å². The summed E-state index contributed by atoms with van der Waals surface area (Å²) >= 11 is 0. The lowest BCUT2D eigenvalue weighted by Crippen LogP contribution is -2.42. The minimum absolute atomic E-state index is 0.0508. The van der Waals surface area contributed by atoms with E-state index in [4.69, 9.17) is 0 Å². The molecule has 0 aliphatic heterocycles. The zero-order valence-electron chi connectivity index (χ0n) is 11.0.